The number of allylic oxidation sites excluding steroid dienone is 3. The molecule has 17 heavy (non-hydrogen) atoms. The van der Waals surface area contributed by atoms with E-state index in [4.69, 9.17) is 5.11 Å². The lowest BCUT2D eigenvalue weighted by Gasteiger charge is -2.18. The van der Waals surface area contributed by atoms with E-state index < -0.39 is 28.6 Å². The highest BCUT2D eigenvalue weighted by atomic mass is 16.6. The van der Waals surface area contributed by atoms with Crippen LogP contribution in [0.4, 0.5) is 0 Å². The van der Waals surface area contributed by atoms with Crippen molar-refractivity contribution in [3.05, 3.63) is 46.6 Å². The summed E-state index contributed by atoms with van der Waals surface area (Å²) in [6.45, 7) is 0. The first-order chi connectivity index (χ1) is 7.96. The molecule has 1 N–H and O–H groups in total. The second-order valence-corrected chi connectivity index (χ2v) is 3.61. The van der Waals surface area contributed by atoms with E-state index >= 15 is 0 Å². The highest BCUT2D eigenvalue weighted by Crippen LogP contribution is 2.23. The van der Waals surface area contributed by atoms with Gasteiger partial charge in [0, 0.05) is 11.3 Å². The Bertz CT molecular complexity index is 435. The zero-order chi connectivity index (χ0) is 12.9. The summed E-state index contributed by atoms with van der Waals surface area (Å²) in [5, 5.41) is 19.3. The number of carbonyl (C=O) groups is 2. The van der Waals surface area contributed by atoms with Crippen molar-refractivity contribution < 1.29 is 19.6 Å². The van der Waals surface area contributed by atoms with Crippen LogP contribution in [0.25, 0.3) is 0 Å². The fourth-order valence-corrected chi connectivity index (χ4v) is 1.39. The maximum absolute atomic E-state index is 11.1. The Balaban J connectivity index is 2.82. The maximum Gasteiger partial charge on any atom is 0.311 e. The molecule has 1 unspecified atom stereocenters. The third-order valence-corrected chi connectivity index (χ3v) is 2.30. The molecule has 1 rings (SSSR count). The lowest BCUT2D eigenvalue weighted by atomic mass is 9.91. The van der Waals surface area contributed by atoms with Crippen LogP contribution in [0.2, 0.25) is 0 Å². The van der Waals surface area contributed by atoms with Crippen LogP contribution < -0.4 is 0 Å². The highest BCUT2D eigenvalue weighted by molar-refractivity contribution is 6.01. The Kier molecular flexibility index (Phi) is 3.92. The minimum Gasteiger partial charge on any atom is -0.481 e. The SMILES string of the molecule is O=C(O)CC(=O)C=CC1([N+](=O)[O-])C=CC=CC1. The Morgan fingerprint density at radius 2 is 2.18 bits per heavy atom. The van der Waals surface area contributed by atoms with Crippen LogP contribution in [0.3, 0.4) is 0 Å². The van der Waals surface area contributed by atoms with Crippen LogP contribution in [0.15, 0.2) is 36.5 Å². The fourth-order valence-electron chi connectivity index (χ4n) is 1.39. The molecule has 0 saturated heterocycles. The van der Waals surface area contributed by atoms with Crippen LogP contribution in [0.5, 0.6) is 0 Å². The molecule has 0 radical (unpaired) electrons. The molecule has 0 spiro atoms. The van der Waals surface area contributed by atoms with E-state index in [0.29, 0.717) is 0 Å². The number of carboxylic acid groups (broad SMARTS) is 1. The molecule has 1 aliphatic carbocycles. The van der Waals surface area contributed by atoms with Gasteiger partial charge in [0.15, 0.2) is 5.78 Å². The van der Waals surface area contributed by atoms with Gasteiger partial charge in [0.25, 0.3) is 5.54 Å². The van der Waals surface area contributed by atoms with Crippen LogP contribution in [-0.4, -0.2) is 27.3 Å². The monoisotopic (exact) mass is 237 g/mol. The van der Waals surface area contributed by atoms with E-state index in [2.05, 4.69) is 0 Å². The molecular formula is C11H11NO5. The Labute approximate surface area is 97.1 Å². The minimum atomic E-state index is -1.44. The first-order valence-corrected chi connectivity index (χ1v) is 4.89. The topological polar surface area (TPSA) is 97.5 Å². The van der Waals surface area contributed by atoms with Gasteiger partial charge in [-0.3, -0.25) is 19.7 Å². The van der Waals surface area contributed by atoms with Crippen molar-refractivity contribution in [2.24, 2.45) is 0 Å². The second-order valence-electron chi connectivity index (χ2n) is 3.61. The summed E-state index contributed by atoms with van der Waals surface area (Å²) in [6, 6.07) is 0. The lowest BCUT2D eigenvalue weighted by Crippen LogP contribution is -2.34. The quantitative estimate of drug-likeness (QED) is 0.334. The van der Waals surface area contributed by atoms with Crippen molar-refractivity contribution >= 4 is 11.8 Å². The summed E-state index contributed by atoms with van der Waals surface area (Å²) in [4.78, 5) is 31.8. The number of hydrogen-bond acceptors (Lipinski definition) is 4. The number of aliphatic carboxylic acids is 1. The third kappa shape index (κ3) is 3.37. The van der Waals surface area contributed by atoms with E-state index in [1.807, 2.05) is 0 Å². The Hall–Kier alpha value is -2.24. The average molecular weight is 237 g/mol. The summed E-state index contributed by atoms with van der Waals surface area (Å²) in [6.07, 6.45) is 7.77. The van der Waals surface area contributed by atoms with Crippen molar-refractivity contribution in [2.45, 2.75) is 18.4 Å². The molecule has 0 bridgehead atoms. The van der Waals surface area contributed by atoms with Gasteiger partial charge in [0.05, 0.1) is 0 Å². The van der Waals surface area contributed by atoms with Crippen molar-refractivity contribution in [2.75, 3.05) is 0 Å². The normalized spacial score (nSPS) is 22.8. The summed E-state index contributed by atoms with van der Waals surface area (Å²) >= 11 is 0. The van der Waals surface area contributed by atoms with Crippen LogP contribution in [-0.2, 0) is 9.59 Å². The van der Waals surface area contributed by atoms with Gasteiger partial charge in [-0.2, -0.15) is 0 Å². The number of hydrogen-bond donors (Lipinski definition) is 1. The fraction of sp³-hybridized carbons (Fsp3) is 0.273. The molecule has 6 heteroatoms. The minimum absolute atomic E-state index is 0.146. The second kappa shape index (κ2) is 5.20. The summed E-state index contributed by atoms with van der Waals surface area (Å²) < 4.78 is 0. The van der Waals surface area contributed by atoms with Gasteiger partial charge in [0.2, 0.25) is 0 Å². The number of nitro groups is 1. The van der Waals surface area contributed by atoms with Crippen molar-refractivity contribution in [3.8, 4) is 0 Å². The number of carbonyl (C=O) groups excluding carboxylic acids is 1. The van der Waals surface area contributed by atoms with Gasteiger partial charge in [-0.25, -0.2) is 0 Å². The van der Waals surface area contributed by atoms with E-state index in [-0.39, 0.29) is 6.42 Å². The van der Waals surface area contributed by atoms with Crippen LogP contribution in [0.1, 0.15) is 12.8 Å². The molecule has 0 aliphatic heterocycles. The van der Waals surface area contributed by atoms with E-state index in [1.54, 1.807) is 12.2 Å². The summed E-state index contributed by atoms with van der Waals surface area (Å²) in [5.74, 6) is -1.92. The standard InChI is InChI=1S/C11H11NO5/c13-9(8-10(14)15)4-7-11(12(16)17)5-2-1-3-6-11/h1-5,7H,6,8H2,(H,14,15). The largest absolute Gasteiger partial charge is 0.481 e. The predicted octanol–water partition coefficient (Wildman–Crippen LogP) is 1.12. The van der Waals surface area contributed by atoms with Gasteiger partial charge in [-0.15, -0.1) is 0 Å². The molecule has 0 aromatic carbocycles. The number of rotatable bonds is 5. The molecule has 6 nitrogen and oxygen atoms in total. The van der Waals surface area contributed by atoms with E-state index in [0.717, 1.165) is 12.2 Å². The Morgan fingerprint density at radius 3 is 2.65 bits per heavy atom. The number of nitrogens with zero attached hydrogens (tertiary/aromatic N) is 1. The first kappa shape index (κ1) is 12.8. The molecule has 0 aromatic rings. The molecule has 1 atom stereocenters. The van der Waals surface area contributed by atoms with Crippen molar-refractivity contribution in [1.29, 1.82) is 0 Å². The smallest absolute Gasteiger partial charge is 0.311 e. The van der Waals surface area contributed by atoms with E-state index in [9.17, 15) is 19.7 Å². The summed E-state index contributed by atoms with van der Waals surface area (Å²) in [5.41, 5.74) is -1.44. The summed E-state index contributed by atoms with van der Waals surface area (Å²) in [7, 11) is 0. The highest BCUT2D eigenvalue weighted by Gasteiger charge is 2.36. The maximum atomic E-state index is 11.1. The molecule has 90 valence electrons. The zero-order valence-electron chi connectivity index (χ0n) is 8.91. The molecule has 0 amide bonds. The molecule has 0 heterocycles. The molecular weight excluding hydrogens is 226 g/mol. The molecule has 0 saturated carbocycles. The van der Waals surface area contributed by atoms with E-state index in [1.165, 1.54) is 12.2 Å². The van der Waals surface area contributed by atoms with Crippen molar-refractivity contribution in [3.63, 3.8) is 0 Å². The van der Waals surface area contributed by atoms with Gasteiger partial charge >= 0.3 is 5.97 Å². The molecule has 0 fully saturated rings. The van der Waals surface area contributed by atoms with Crippen LogP contribution >= 0.6 is 0 Å². The Morgan fingerprint density at radius 1 is 1.47 bits per heavy atom. The van der Waals surface area contributed by atoms with Crippen LogP contribution in [0, 0.1) is 10.1 Å². The third-order valence-electron chi connectivity index (χ3n) is 2.30. The molecule has 1 aliphatic rings. The number of ketones is 1. The van der Waals surface area contributed by atoms with Gasteiger partial charge in [0.1, 0.15) is 6.42 Å². The average Bonchev–Trinajstić information content (AvgIpc) is 2.26. The van der Waals surface area contributed by atoms with Crippen molar-refractivity contribution in [1.82, 2.24) is 0 Å². The van der Waals surface area contributed by atoms with Gasteiger partial charge < -0.3 is 5.11 Å². The van der Waals surface area contributed by atoms with Gasteiger partial charge in [-0.05, 0) is 18.2 Å². The van der Waals surface area contributed by atoms with Gasteiger partial charge in [-0.1, -0.05) is 18.2 Å². The number of carboxylic acids is 1. The first-order valence-electron chi connectivity index (χ1n) is 4.89. The predicted molar refractivity (Wildman–Crippen MR) is 59.0 cm³/mol. The lowest BCUT2D eigenvalue weighted by molar-refractivity contribution is -0.539. The molecule has 0 aromatic heterocycles. The zero-order valence-corrected chi connectivity index (χ0v) is 8.91.